The van der Waals surface area contributed by atoms with E-state index in [1.54, 1.807) is 17.6 Å². The fourth-order valence-corrected chi connectivity index (χ4v) is 3.08. The number of carboxylic acids is 1. The molecule has 0 radical (unpaired) electrons. The average molecular weight is 314 g/mol. The Morgan fingerprint density at radius 1 is 0.905 bits per heavy atom. The zero-order valence-electron chi connectivity index (χ0n) is 11.2. The molecule has 1 aliphatic heterocycles. The van der Waals surface area contributed by atoms with Crippen LogP contribution in [0.3, 0.4) is 0 Å². The van der Waals surface area contributed by atoms with Crippen LogP contribution in [0.1, 0.15) is 0 Å². The molecule has 0 fully saturated rings. The third-order valence-corrected chi connectivity index (χ3v) is 4.78. The average Bonchev–Trinajstić information content (AvgIpc) is 2.96. The van der Waals surface area contributed by atoms with Crippen LogP contribution >= 0.6 is 0 Å². The molecule has 106 valence electrons. The van der Waals surface area contributed by atoms with Gasteiger partial charge in [0.2, 0.25) is 0 Å². The van der Waals surface area contributed by atoms with E-state index in [1.165, 1.54) is 11.1 Å². The summed E-state index contributed by atoms with van der Waals surface area (Å²) in [4.78, 5) is 10.6. The van der Waals surface area contributed by atoms with Gasteiger partial charge in [-0.25, -0.2) is 4.79 Å². The maximum absolute atomic E-state index is 10.2. The fourth-order valence-electron chi connectivity index (χ4n) is 1.76. The molecule has 3 rings (SSSR count). The lowest BCUT2D eigenvalue weighted by Crippen LogP contribution is -2.00. The predicted molar refractivity (Wildman–Crippen MR) is 91.5 cm³/mol. The summed E-state index contributed by atoms with van der Waals surface area (Å²) in [6.07, 6.45) is 3.22. The summed E-state index contributed by atoms with van der Waals surface area (Å²) in [7, 11) is -0.576. The van der Waals surface area contributed by atoms with E-state index in [1.807, 2.05) is 12.1 Å². The first kappa shape index (κ1) is 15.4. The molecule has 0 bridgehead atoms. The lowest BCUT2D eigenvalue weighted by Gasteiger charge is -1.98. The molecule has 0 aliphatic carbocycles. The zero-order valence-corrected chi connectivity index (χ0v) is 12.8. The third-order valence-electron chi connectivity index (χ3n) is 2.76. The van der Waals surface area contributed by atoms with Gasteiger partial charge in [-0.15, -0.1) is 0 Å². The topological polar surface area (TPSA) is 37.3 Å². The van der Waals surface area contributed by atoms with Gasteiger partial charge in [0.05, 0.1) is 0 Å². The SMILES string of the molecule is O=C(O)C1=CC=CS1=S.c1ccc(-c2ccccc2)cc1. The number of carboxylic acid groups (broad SMARTS) is 1. The largest absolute Gasteiger partial charge is 0.477 e. The number of hydrogen-bond donors (Lipinski definition) is 1. The van der Waals surface area contributed by atoms with E-state index >= 15 is 0 Å². The molecule has 1 atom stereocenters. The molecule has 4 heteroatoms. The normalized spacial score (nSPS) is 15.8. The zero-order chi connectivity index (χ0) is 15.1. The molecule has 2 aromatic carbocycles. The first-order valence-electron chi connectivity index (χ1n) is 6.31. The highest BCUT2D eigenvalue weighted by Gasteiger charge is 2.11. The van der Waals surface area contributed by atoms with Crippen molar-refractivity contribution in [2.75, 3.05) is 0 Å². The first-order valence-corrected chi connectivity index (χ1v) is 8.52. The molecular weight excluding hydrogens is 300 g/mol. The smallest absolute Gasteiger partial charge is 0.342 e. The van der Waals surface area contributed by atoms with Crippen molar-refractivity contribution in [3.8, 4) is 11.1 Å². The van der Waals surface area contributed by atoms with Gasteiger partial charge in [0, 0.05) is 0 Å². The molecule has 0 spiro atoms. The molecule has 2 aromatic rings. The van der Waals surface area contributed by atoms with Crippen molar-refractivity contribution in [1.29, 1.82) is 0 Å². The van der Waals surface area contributed by atoms with Gasteiger partial charge in [0.25, 0.3) is 0 Å². The van der Waals surface area contributed by atoms with Gasteiger partial charge in [-0.1, -0.05) is 76.2 Å². The van der Waals surface area contributed by atoms with Crippen LogP contribution in [0.2, 0.25) is 0 Å². The van der Waals surface area contributed by atoms with Crippen molar-refractivity contribution in [3.63, 3.8) is 0 Å². The standard InChI is InChI=1S/C12H10.C5H4O2S2/c1-3-7-11(8-4-1)12-9-5-2-6-10-12;6-5(7)4-2-1-3-9(4)8/h1-10H;1-3H,(H,6,7). The minimum Gasteiger partial charge on any atom is -0.477 e. The van der Waals surface area contributed by atoms with Crippen LogP contribution in [0.4, 0.5) is 0 Å². The minimum atomic E-state index is -0.904. The maximum Gasteiger partial charge on any atom is 0.342 e. The van der Waals surface area contributed by atoms with Gasteiger partial charge in [-0.3, -0.25) is 0 Å². The van der Waals surface area contributed by atoms with Crippen LogP contribution < -0.4 is 0 Å². The molecule has 1 aliphatic rings. The lowest BCUT2D eigenvalue weighted by atomic mass is 10.1. The Morgan fingerprint density at radius 2 is 1.38 bits per heavy atom. The van der Waals surface area contributed by atoms with Gasteiger partial charge < -0.3 is 5.11 Å². The Balaban J connectivity index is 0.000000161. The Labute approximate surface area is 131 Å². The number of hydrogen-bond acceptors (Lipinski definition) is 2. The molecule has 0 aromatic heterocycles. The van der Waals surface area contributed by atoms with Crippen molar-refractivity contribution < 1.29 is 9.90 Å². The maximum atomic E-state index is 10.2. The molecule has 0 amide bonds. The lowest BCUT2D eigenvalue weighted by molar-refractivity contribution is -0.131. The van der Waals surface area contributed by atoms with Crippen LogP contribution in [-0.2, 0) is 25.4 Å². The summed E-state index contributed by atoms with van der Waals surface area (Å²) >= 11 is 4.79. The van der Waals surface area contributed by atoms with E-state index < -0.39 is 15.4 Å². The van der Waals surface area contributed by atoms with E-state index in [0.29, 0.717) is 4.91 Å². The van der Waals surface area contributed by atoms with Crippen LogP contribution in [0.5, 0.6) is 0 Å². The Bertz CT molecular complexity index is 652. The quantitative estimate of drug-likeness (QED) is 0.913. The third kappa shape index (κ3) is 4.48. The van der Waals surface area contributed by atoms with Crippen molar-refractivity contribution in [2.24, 2.45) is 0 Å². The summed E-state index contributed by atoms with van der Waals surface area (Å²) in [5.74, 6) is -0.904. The minimum absolute atomic E-state index is 0.324. The Morgan fingerprint density at radius 3 is 1.67 bits per heavy atom. The molecule has 0 saturated carbocycles. The van der Waals surface area contributed by atoms with Gasteiger partial charge in [-0.05, 0) is 33.8 Å². The van der Waals surface area contributed by atoms with Crippen LogP contribution in [0.15, 0.2) is 83.1 Å². The highest BCUT2D eigenvalue weighted by atomic mass is 32.8. The van der Waals surface area contributed by atoms with Gasteiger partial charge in [0.15, 0.2) is 0 Å². The summed E-state index contributed by atoms with van der Waals surface area (Å²) in [5.41, 5.74) is 2.55. The highest BCUT2D eigenvalue weighted by molar-refractivity contribution is 8.33. The van der Waals surface area contributed by atoms with Gasteiger partial charge in [0.1, 0.15) is 4.91 Å². The van der Waals surface area contributed by atoms with Crippen LogP contribution in [-0.4, -0.2) is 11.1 Å². The fraction of sp³-hybridized carbons (Fsp3) is 0. The van der Waals surface area contributed by atoms with Crippen molar-refractivity contribution in [1.82, 2.24) is 0 Å². The molecule has 0 saturated heterocycles. The monoisotopic (exact) mass is 314 g/mol. The van der Waals surface area contributed by atoms with Crippen LogP contribution in [0.25, 0.3) is 11.1 Å². The Hall–Kier alpha value is -2.04. The second-order valence-corrected chi connectivity index (χ2v) is 6.58. The predicted octanol–water partition coefficient (Wildman–Crippen LogP) is 3.92. The van der Waals surface area contributed by atoms with E-state index in [2.05, 4.69) is 48.5 Å². The van der Waals surface area contributed by atoms with Crippen LogP contribution in [0, 0.1) is 0 Å². The molecule has 2 nitrogen and oxygen atoms in total. The van der Waals surface area contributed by atoms with E-state index in [9.17, 15) is 4.79 Å². The molecule has 1 heterocycles. The summed E-state index contributed by atoms with van der Waals surface area (Å²) < 4.78 is 0. The second-order valence-electron chi connectivity index (χ2n) is 4.19. The molecular formula is C17H14O2S2. The molecule has 1 N–H and O–H groups in total. The number of rotatable bonds is 2. The number of allylic oxidation sites excluding steroid dienone is 2. The second kappa shape index (κ2) is 7.67. The Kier molecular flexibility index (Phi) is 5.60. The highest BCUT2D eigenvalue weighted by Crippen LogP contribution is 2.17. The van der Waals surface area contributed by atoms with Crippen molar-refractivity contribution in [2.45, 2.75) is 0 Å². The first-order chi connectivity index (χ1) is 10.2. The van der Waals surface area contributed by atoms with Crippen molar-refractivity contribution >= 4 is 26.6 Å². The summed E-state index contributed by atoms with van der Waals surface area (Å²) in [6.45, 7) is 0. The number of benzene rings is 2. The van der Waals surface area contributed by atoms with E-state index in [-0.39, 0.29) is 0 Å². The summed E-state index contributed by atoms with van der Waals surface area (Å²) in [5, 5.41) is 10.1. The van der Waals surface area contributed by atoms with E-state index in [0.717, 1.165) is 0 Å². The van der Waals surface area contributed by atoms with Crippen molar-refractivity contribution in [3.05, 3.63) is 83.1 Å². The number of carbonyl (C=O) groups is 1. The van der Waals surface area contributed by atoms with Gasteiger partial charge in [-0.2, -0.15) is 0 Å². The van der Waals surface area contributed by atoms with Gasteiger partial charge >= 0.3 is 5.97 Å². The van der Waals surface area contributed by atoms with E-state index in [4.69, 9.17) is 16.3 Å². The molecule has 21 heavy (non-hydrogen) atoms. The molecule has 1 unspecified atom stereocenters. The summed E-state index contributed by atoms with van der Waals surface area (Å²) in [6, 6.07) is 20.8. The number of aliphatic carboxylic acids is 1.